The van der Waals surface area contributed by atoms with Gasteiger partial charge in [0.2, 0.25) is 0 Å². The zero-order chi connectivity index (χ0) is 11.1. The highest BCUT2D eigenvalue weighted by Crippen LogP contribution is 2.41. The highest BCUT2D eigenvalue weighted by molar-refractivity contribution is 7.13. The van der Waals surface area contributed by atoms with Gasteiger partial charge in [0.1, 0.15) is 9.88 Å². The summed E-state index contributed by atoms with van der Waals surface area (Å²) in [6.45, 7) is 1.91. The molecule has 1 aliphatic rings. The van der Waals surface area contributed by atoms with Gasteiger partial charge in [-0.1, -0.05) is 6.92 Å². The van der Waals surface area contributed by atoms with Crippen molar-refractivity contribution in [1.82, 2.24) is 4.98 Å². The summed E-state index contributed by atoms with van der Waals surface area (Å²) in [6, 6.07) is 0. The summed E-state index contributed by atoms with van der Waals surface area (Å²) in [7, 11) is 0. The molecular formula is C10H14N2O2S. The molecule has 0 radical (unpaired) electrons. The van der Waals surface area contributed by atoms with Crippen molar-refractivity contribution in [2.45, 2.75) is 38.1 Å². The smallest absolute Gasteiger partial charge is 0.347 e. The van der Waals surface area contributed by atoms with Gasteiger partial charge in [-0.25, -0.2) is 9.78 Å². The summed E-state index contributed by atoms with van der Waals surface area (Å²) in [4.78, 5) is 15.7. The van der Waals surface area contributed by atoms with Crippen LogP contribution in [0, 0.1) is 0 Å². The van der Waals surface area contributed by atoms with Crippen LogP contribution in [0.1, 0.15) is 46.6 Å². The third-order valence-corrected chi connectivity index (χ3v) is 4.20. The molecule has 1 saturated carbocycles. The van der Waals surface area contributed by atoms with E-state index in [0.717, 1.165) is 24.3 Å². The van der Waals surface area contributed by atoms with E-state index in [0.29, 0.717) is 17.0 Å². The van der Waals surface area contributed by atoms with Crippen molar-refractivity contribution in [3.8, 4) is 0 Å². The number of aromatic carboxylic acids is 1. The van der Waals surface area contributed by atoms with Gasteiger partial charge in [0, 0.05) is 0 Å². The number of hydrogen-bond acceptors (Lipinski definition) is 4. The zero-order valence-corrected chi connectivity index (χ0v) is 9.43. The highest BCUT2D eigenvalue weighted by Gasteiger charge is 2.38. The van der Waals surface area contributed by atoms with E-state index < -0.39 is 5.97 Å². The largest absolute Gasteiger partial charge is 0.477 e. The van der Waals surface area contributed by atoms with Crippen LogP contribution in [0.25, 0.3) is 0 Å². The number of aryl methyl sites for hydroxylation is 1. The molecule has 1 aromatic rings. The van der Waals surface area contributed by atoms with E-state index in [1.165, 1.54) is 11.3 Å². The number of carboxylic acids is 1. The van der Waals surface area contributed by atoms with E-state index in [1.807, 2.05) is 6.92 Å². The molecule has 0 atom stereocenters. The number of rotatable bonds is 3. The molecule has 0 bridgehead atoms. The third kappa shape index (κ3) is 1.66. The molecule has 3 N–H and O–H groups in total. The van der Waals surface area contributed by atoms with Crippen LogP contribution < -0.4 is 5.73 Å². The monoisotopic (exact) mass is 226 g/mol. The first-order valence-corrected chi connectivity index (χ1v) is 5.91. The minimum Gasteiger partial charge on any atom is -0.477 e. The molecule has 1 aliphatic carbocycles. The number of nitrogens with zero attached hydrogens (tertiary/aromatic N) is 1. The molecule has 15 heavy (non-hydrogen) atoms. The topological polar surface area (TPSA) is 76.2 Å². The lowest BCUT2D eigenvalue weighted by Gasteiger charge is -2.35. The van der Waals surface area contributed by atoms with Crippen molar-refractivity contribution >= 4 is 17.3 Å². The van der Waals surface area contributed by atoms with Gasteiger partial charge >= 0.3 is 5.97 Å². The number of hydrogen-bond donors (Lipinski definition) is 2. The molecular weight excluding hydrogens is 212 g/mol. The minimum absolute atomic E-state index is 0.345. The molecule has 0 amide bonds. The Morgan fingerprint density at radius 1 is 1.67 bits per heavy atom. The van der Waals surface area contributed by atoms with Crippen molar-refractivity contribution in [3.63, 3.8) is 0 Å². The molecule has 1 fully saturated rings. The standard InChI is InChI=1S/C10H14N2O2S/c1-2-6-7(8(13)14)15-9(12-6)10(11)4-3-5-10/h2-5,11H2,1H3,(H,13,14). The fraction of sp³-hybridized carbons (Fsp3) is 0.600. The summed E-state index contributed by atoms with van der Waals surface area (Å²) in [6.07, 6.45) is 3.60. The van der Waals surface area contributed by atoms with Crippen molar-refractivity contribution < 1.29 is 9.90 Å². The van der Waals surface area contributed by atoms with Crippen LogP contribution in [0.5, 0.6) is 0 Å². The maximum Gasteiger partial charge on any atom is 0.347 e. The Bertz CT molecular complexity index is 396. The Balaban J connectivity index is 2.38. The summed E-state index contributed by atoms with van der Waals surface area (Å²) >= 11 is 1.24. The van der Waals surface area contributed by atoms with E-state index in [-0.39, 0.29) is 5.54 Å². The molecule has 82 valence electrons. The molecule has 0 saturated heterocycles. The van der Waals surface area contributed by atoms with Gasteiger partial charge in [-0.2, -0.15) is 0 Å². The van der Waals surface area contributed by atoms with E-state index >= 15 is 0 Å². The second-order valence-corrected chi connectivity index (χ2v) is 4.96. The number of nitrogens with two attached hydrogens (primary N) is 1. The molecule has 2 rings (SSSR count). The molecule has 1 aromatic heterocycles. The average Bonchev–Trinajstić information content (AvgIpc) is 2.58. The van der Waals surface area contributed by atoms with Crippen molar-refractivity contribution in [2.75, 3.05) is 0 Å². The van der Waals surface area contributed by atoms with Crippen molar-refractivity contribution in [3.05, 3.63) is 15.6 Å². The van der Waals surface area contributed by atoms with Crippen molar-refractivity contribution in [1.29, 1.82) is 0 Å². The number of carboxylic acid groups (broad SMARTS) is 1. The van der Waals surface area contributed by atoms with Gasteiger partial charge in [-0.3, -0.25) is 0 Å². The van der Waals surface area contributed by atoms with E-state index in [1.54, 1.807) is 0 Å². The van der Waals surface area contributed by atoms with Crippen molar-refractivity contribution in [2.24, 2.45) is 5.73 Å². The van der Waals surface area contributed by atoms with E-state index in [4.69, 9.17) is 10.8 Å². The van der Waals surface area contributed by atoms with Gasteiger partial charge < -0.3 is 10.8 Å². The predicted molar refractivity (Wildman–Crippen MR) is 58.2 cm³/mol. The van der Waals surface area contributed by atoms with E-state index in [9.17, 15) is 4.79 Å². The first kappa shape index (κ1) is 10.6. The fourth-order valence-electron chi connectivity index (χ4n) is 1.74. The van der Waals surface area contributed by atoms with Gasteiger partial charge in [0.05, 0.1) is 11.2 Å². The summed E-state index contributed by atoms with van der Waals surface area (Å²) in [5, 5.41) is 9.79. The van der Waals surface area contributed by atoms with Crippen LogP contribution >= 0.6 is 11.3 Å². The molecule has 5 heteroatoms. The van der Waals surface area contributed by atoms with Crippen LogP contribution in [0.15, 0.2) is 0 Å². The molecule has 0 spiro atoms. The van der Waals surface area contributed by atoms with Gasteiger partial charge in [-0.05, 0) is 25.7 Å². The Hall–Kier alpha value is -0.940. The molecule has 1 heterocycles. The van der Waals surface area contributed by atoms with E-state index in [2.05, 4.69) is 4.98 Å². The first-order chi connectivity index (χ1) is 7.07. The molecule has 0 aromatic carbocycles. The lowest BCUT2D eigenvalue weighted by atomic mass is 9.78. The second-order valence-electron chi connectivity index (χ2n) is 3.96. The van der Waals surface area contributed by atoms with Gasteiger partial charge in [0.15, 0.2) is 0 Å². The highest BCUT2D eigenvalue weighted by atomic mass is 32.1. The normalized spacial score (nSPS) is 18.5. The van der Waals surface area contributed by atoms with Crippen LogP contribution in [0.2, 0.25) is 0 Å². The summed E-state index contributed by atoms with van der Waals surface area (Å²) in [5.41, 5.74) is 6.44. The Morgan fingerprint density at radius 3 is 2.67 bits per heavy atom. The predicted octanol–water partition coefficient (Wildman–Crippen LogP) is 1.74. The fourth-order valence-corrected chi connectivity index (χ4v) is 2.89. The summed E-state index contributed by atoms with van der Waals surface area (Å²) in [5.74, 6) is -0.890. The zero-order valence-electron chi connectivity index (χ0n) is 8.62. The quantitative estimate of drug-likeness (QED) is 0.823. The second kappa shape index (κ2) is 3.57. The summed E-state index contributed by atoms with van der Waals surface area (Å²) < 4.78 is 0. The number of carbonyl (C=O) groups is 1. The maximum absolute atomic E-state index is 11.0. The SMILES string of the molecule is CCc1nc(C2(N)CCC2)sc1C(=O)O. The molecule has 4 nitrogen and oxygen atoms in total. The lowest BCUT2D eigenvalue weighted by molar-refractivity contribution is 0.0701. The Morgan fingerprint density at radius 2 is 2.33 bits per heavy atom. The lowest BCUT2D eigenvalue weighted by Crippen LogP contribution is -2.43. The average molecular weight is 226 g/mol. The maximum atomic E-state index is 11.0. The Kier molecular flexibility index (Phi) is 2.52. The minimum atomic E-state index is -0.890. The Labute approximate surface area is 92.1 Å². The van der Waals surface area contributed by atoms with Crippen LogP contribution in [0.3, 0.4) is 0 Å². The van der Waals surface area contributed by atoms with Gasteiger partial charge in [0.25, 0.3) is 0 Å². The number of thiazole rings is 1. The third-order valence-electron chi connectivity index (χ3n) is 2.90. The van der Waals surface area contributed by atoms with Crippen LogP contribution in [0.4, 0.5) is 0 Å². The first-order valence-electron chi connectivity index (χ1n) is 5.09. The van der Waals surface area contributed by atoms with Gasteiger partial charge in [-0.15, -0.1) is 11.3 Å². The number of aromatic nitrogens is 1. The molecule has 0 aliphatic heterocycles. The molecule has 0 unspecified atom stereocenters. The van der Waals surface area contributed by atoms with Crippen LogP contribution in [-0.2, 0) is 12.0 Å². The van der Waals surface area contributed by atoms with Crippen LogP contribution in [-0.4, -0.2) is 16.1 Å².